The van der Waals surface area contributed by atoms with Gasteiger partial charge >= 0.3 is 0 Å². The molecular formula is C15H22S. The predicted octanol–water partition coefficient (Wildman–Crippen LogP) is 5.14. The molecule has 1 aromatic rings. The number of hydrogen-bond donors (Lipinski definition) is 0. The molecule has 0 atom stereocenters. The zero-order valence-corrected chi connectivity index (χ0v) is 11.3. The van der Waals surface area contributed by atoms with Crippen molar-refractivity contribution in [2.24, 2.45) is 0 Å². The van der Waals surface area contributed by atoms with E-state index in [1.165, 1.54) is 43.2 Å². The zero-order valence-electron chi connectivity index (χ0n) is 10.5. The van der Waals surface area contributed by atoms with E-state index in [9.17, 15) is 0 Å². The van der Waals surface area contributed by atoms with Gasteiger partial charge in [0.05, 0.1) is 0 Å². The van der Waals surface area contributed by atoms with Gasteiger partial charge in [0.15, 0.2) is 0 Å². The highest BCUT2D eigenvalue weighted by molar-refractivity contribution is 8.07. The number of aryl methyl sites for hydroxylation is 1. The third kappa shape index (κ3) is 4.44. The van der Waals surface area contributed by atoms with Gasteiger partial charge in [-0.1, -0.05) is 57.0 Å². The summed E-state index contributed by atoms with van der Waals surface area (Å²) in [6, 6.07) is 8.85. The van der Waals surface area contributed by atoms with E-state index in [0.29, 0.717) is 0 Å². The Balaban J connectivity index is 2.42. The first kappa shape index (κ1) is 13.4. The van der Waals surface area contributed by atoms with E-state index >= 15 is 0 Å². The first-order chi connectivity index (χ1) is 7.77. The summed E-state index contributed by atoms with van der Waals surface area (Å²) in [5.74, 6) is 0. The lowest BCUT2D eigenvalue weighted by atomic mass is 10.0. The topological polar surface area (TPSA) is 0 Å². The molecule has 1 heteroatoms. The lowest BCUT2D eigenvalue weighted by Crippen LogP contribution is -1.86. The first-order valence-corrected chi connectivity index (χ1v) is 7.32. The van der Waals surface area contributed by atoms with Crippen LogP contribution < -0.4 is 0 Å². The van der Waals surface area contributed by atoms with Crippen LogP contribution in [-0.4, -0.2) is 6.26 Å². The van der Waals surface area contributed by atoms with Gasteiger partial charge in [-0.3, -0.25) is 0 Å². The van der Waals surface area contributed by atoms with Gasteiger partial charge in [-0.15, -0.1) is 11.8 Å². The Morgan fingerprint density at radius 2 is 1.81 bits per heavy atom. The van der Waals surface area contributed by atoms with Crippen LogP contribution in [0.1, 0.15) is 43.7 Å². The number of benzene rings is 1. The minimum atomic E-state index is 1.15. The largest absolute Gasteiger partial charge is 0.130 e. The maximum atomic E-state index is 4.02. The molecule has 0 aliphatic heterocycles. The molecular weight excluding hydrogens is 212 g/mol. The van der Waals surface area contributed by atoms with Crippen LogP contribution in [0.5, 0.6) is 0 Å². The molecule has 16 heavy (non-hydrogen) atoms. The Hall–Kier alpha value is -0.690. The molecule has 0 bridgehead atoms. The molecule has 1 rings (SSSR count). The van der Waals surface area contributed by atoms with Crippen LogP contribution in [0, 0.1) is 0 Å². The van der Waals surface area contributed by atoms with Gasteiger partial charge in [0.1, 0.15) is 0 Å². The smallest absolute Gasteiger partial charge is 0.00697 e. The average Bonchev–Trinajstić information content (AvgIpc) is 2.34. The lowest BCUT2D eigenvalue weighted by Gasteiger charge is -2.05. The van der Waals surface area contributed by atoms with Gasteiger partial charge < -0.3 is 0 Å². The molecule has 0 radical (unpaired) electrons. The lowest BCUT2D eigenvalue weighted by molar-refractivity contribution is 0.667. The maximum absolute atomic E-state index is 4.02. The quantitative estimate of drug-likeness (QED) is 0.588. The number of rotatable bonds is 7. The molecule has 0 amide bonds. The van der Waals surface area contributed by atoms with E-state index in [0.717, 1.165) is 4.91 Å². The summed E-state index contributed by atoms with van der Waals surface area (Å²) in [6.07, 6.45) is 8.63. The Morgan fingerprint density at radius 1 is 1.12 bits per heavy atom. The van der Waals surface area contributed by atoms with Gasteiger partial charge in [0.25, 0.3) is 0 Å². The summed E-state index contributed by atoms with van der Waals surface area (Å²) in [6.45, 7) is 6.28. The minimum Gasteiger partial charge on any atom is -0.130 e. The third-order valence-corrected chi connectivity index (χ3v) is 3.57. The molecule has 0 unspecified atom stereocenters. The van der Waals surface area contributed by atoms with Crippen LogP contribution in [0.15, 0.2) is 30.8 Å². The second-order valence-corrected chi connectivity index (χ2v) is 5.04. The summed E-state index contributed by atoms with van der Waals surface area (Å²) in [5, 5.41) is 0. The second-order valence-electron chi connectivity index (χ2n) is 4.13. The molecule has 0 aliphatic rings. The van der Waals surface area contributed by atoms with Crippen molar-refractivity contribution in [1.82, 2.24) is 0 Å². The molecule has 0 spiro atoms. The SMILES string of the molecule is C=C(SC)c1ccc(CCCCCC)cc1. The van der Waals surface area contributed by atoms with Crippen LogP contribution in [0.2, 0.25) is 0 Å². The standard InChI is InChI=1S/C15H22S/c1-4-5-6-7-8-14-9-11-15(12-10-14)13(2)16-3/h9-12H,2,4-8H2,1,3H3. The normalized spacial score (nSPS) is 10.4. The summed E-state index contributed by atoms with van der Waals surface area (Å²) in [4.78, 5) is 1.15. The molecule has 0 aliphatic carbocycles. The summed E-state index contributed by atoms with van der Waals surface area (Å²) < 4.78 is 0. The van der Waals surface area contributed by atoms with Crippen LogP contribution in [0.3, 0.4) is 0 Å². The van der Waals surface area contributed by atoms with E-state index in [1.807, 2.05) is 0 Å². The molecule has 0 saturated heterocycles. The second kappa shape index (κ2) is 7.56. The van der Waals surface area contributed by atoms with Crippen molar-refractivity contribution >= 4 is 16.7 Å². The predicted molar refractivity (Wildman–Crippen MR) is 76.8 cm³/mol. The van der Waals surface area contributed by atoms with Crippen molar-refractivity contribution < 1.29 is 0 Å². The fraction of sp³-hybridized carbons (Fsp3) is 0.467. The van der Waals surface area contributed by atoms with Crippen molar-refractivity contribution in [3.8, 4) is 0 Å². The molecule has 0 fully saturated rings. The highest BCUT2D eigenvalue weighted by atomic mass is 32.2. The summed E-state index contributed by atoms with van der Waals surface area (Å²) in [5.41, 5.74) is 2.71. The van der Waals surface area contributed by atoms with E-state index in [4.69, 9.17) is 0 Å². The van der Waals surface area contributed by atoms with E-state index in [-0.39, 0.29) is 0 Å². The number of hydrogen-bond acceptors (Lipinski definition) is 1. The van der Waals surface area contributed by atoms with Gasteiger partial charge in [0.2, 0.25) is 0 Å². The molecule has 0 saturated carbocycles. The van der Waals surface area contributed by atoms with Gasteiger partial charge in [-0.05, 0) is 30.2 Å². The zero-order chi connectivity index (χ0) is 11.8. The van der Waals surface area contributed by atoms with E-state index < -0.39 is 0 Å². The Kier molecular flexibility index (Phi) is 6.32. The Labute approximate surface area is 104 Å². The molecule has 1 aromatic carbocycles. The fourth-order valence-corrected chi connectivity index (χ4v) is 2.10. The highest BCUT2D eigenvalue weighted by Crippen LogP contribution is 2.23. The van der Waals surface area contributed by atoms with Gasteiger partial charge in [-0.2, -0.15) is 0 Å². The van der Waals surface area contributed by atoms with Crippen LogP contribution in [0.4, 0.5) is 0 Å². The molecule has 88 valence electrons. The fourth-order valence-electron chi connectivity index (χ4n) is 1.73. The monoisotopic (exact) mass is 234 g/mol. The van der Waals surface area contributed by atoms with E-state index in [2.05, 4.69) is 44.0 Å². The minimum absolute atomic E-state index is 1.15. The Bertz CT molecular complexity index is 311. The van der Waals surface area contributed by atoms with Gasteiger partial charge in [0, 0.05) is 4.91 Å². The van der Waals surface area contributed by atoms with Crippen molar-refractivity contribution in [3.63, 3.8) is 0 Å². The van der Waals surface area contributed by atoms with Crippen LogP contribution in [-0.2, 0) is 6.42 Å². The molecule has 0 aromatic heterocycles. The molecule has 0 heterocycles. The third-order valence-electron chi connectivity index (χ3n) is 2.84. The van der Waals surface area contributed by atoms with Crippen molar-refractivity contribution in [1.29, 1.82) is 0 Å². The van der Waals surface area contributed by atoms with Crippen molar-refractivity contribution in [3.05, 3.63) is 42.0 Å². The average molecular weight is 234 g/mol. The number of thioether (sulfide) groups is 1. The van der Waals surface area contributed by atoms with Crippen LogP contribution in [0.25, 0.3) is 4.91 Å². The first-order valence-electron chi connectivity index (χ1n) is 6.10. The highest BCUT2D eigenvalue weighted by Gasteiger charge is 1.98. The number of unbranched alkanes of at least 4 members (excludes halogenated alkanes) is 3. The summed E-state index contributed by atoms with van der Waals surface area (Å²) in [7, 11) is 0. The molecule has 0 N–H and O–H groups in total. The summed E-state index contributed by atoms with van der Waals surface area (Å²) >= 11 is 1.71. The van der Waals surface area contributed by atoms with Crippen LogP contribution >= 0.6 is 11.8 Å². The van der Waals surface area contributed by atoms with E-state index in [1.54, 1.807) is 11.8 Å². The molecule has 0 nitrogen and oxygen atoms in total. The van der Waals surface area contributed by atoms with Crippen molar-refractivity contribution in [2.45, 2.75) is 39.0 Å². The van der Waals surface area contributed by atoms with Gasteiger partial charge in [-0.25, -0.2) is 0 Å². The maximum Gasteiger partial charge on any atom is 0.00697 e. The Morgan fingerprint density at radius 3 is 2.38 bits per heavy atom. The van der Waals surface area contributed by atoms with Crippen molar-refractivity contribution in [2.75, 3.05) is 6.26 Å².